The van der Waals surface area contributed by atoms with E-state index in [9.17, 15) is 14.7 Å². The van der Waals surface area contributed by atoms with Crippen LogP contribution >= 0.6 is 15.9 Å². The Balaban J connectivity index is 2.06. The van der Waals surface area contributed by atoms with Gasteiger partial charge >= 0.3 is 5.97 Å². The zero-order valence-corrected chi connectivity index (χ0v) is 12.4. The van der Waals surface area contributed by atoms with E-state index in [0.29, 0.717) is 10.2 Å². The van der Waals surface area contributed by atoms with Gasteiger partial charge in [-0.25, -0.2) is 4.79 Å². The maximum atomic E-state index is 11.9. The third kappa shape index (κ3) is 4.06. The summed E-state index contributed by atoms with van der Waals surface area (Å²) in [4.78, 5) is 22.8. The van der Waals surface area contributed by atoms with E-state index in [0.717, 1.165) is 5.56 Å². The molecule has 3 N–H and O–H groups in total. The van der Waals surface area contributed by atoms with Crippen LogP contribution in [0.1, 0.15) is 15.9 Å². The molecule has 6 heteroatoms. The third-order valence-corrected chi connectivity index (χ3v) is 3.45. The normalized spacial score (nSPS) is 10.1. The number of phenolic OH excluding ortho intramolecular Hbond substituents is 1. The molecule has 1 amide bonds. The number of carbonyl (C=O) groups is 2. The monoisotopic (exact) mass is 349 g/mol. The van der Waals surface area contributed by atoms with Crippen molar-refractivity contribution in [2.45, 2.75) is 6.42 Å². The topological polar surface area (TPSA) is 86.6 Å². The van der Waals surface area contributed by atoms with Gasteiger partial charge in [-0.05, 0) is 51.8 Å². The number of amides is 1. The molecule has 2 rings (SSSR count). The summed E-state index contributed by atoms with van der Waals surface area (Å²) in [5.74, 6) is -1.12. The standard InChI is InChI=1S/C15H12BrNO4/c16-12-8-10(15(20)21)3-6-13(12)17-14(19)7-9-1-4-11(18)5-2-9/h1-6,8,18H,7H2,(H,17,19)(H,20,21). The lowest BCUT2D eigenvalue weighted by Gasteiger charge is -2.08. The first kappa shape index (κ1) is 15.1. The molecular weight excluding hydrogens is 338 g/mol. The minimum Gasteiger partial charge on any atom is -0.508 e. The Morgan fingerprint density at radius 2 is 1.76 bits per heavy atom. The van der Waals surface area contributed by atoms with E-state index in [-0.39, 0.29) is 23.6 Å². The number of carbonyl (C=O) groups excluding carboxylic acids is 1. The van der Waals surface area contributed by atoms with Crippen LogP contribution in [0.3, 0.4) is 0 Å². The smallest absolute Gasteiger partial charge is 0.335 e. The number of aromatic carboxylic acids is 1. The van der Waals surface area contributed by atoms with Crippen molar-refractivity contribution in [3.8, 4) is 5.75 Å². The number of carboxylic acids is 1. The van der Waals surface area contributed by atoms with Gasteiger partial charge < -0.3 is 15.5 Å². The number of benzene rings is 2. The lowest BCUT2D eigenvalue weighted by molar-refractivity contribution is -0.115. The predicted octanol–water partition coefficient (Wildman–Crippen LogP) is 3.03. The molecule has 0 spiro atoms. The van der Waals surface area contributed by atoms with E-state index in [2.05, 4.69) is 21.2 Å². The molecule has 0 unspecified atom stereocenters. The zero-order valence-electron chi connectivity index (χ0n) is 10.8. The summed E-state index contributed by atoms with van der Waals surface area (Å²) in [7, 11) is 0. The number of nitrogens with one attached hydrogen (secondary N) is 1. The second kappa shape index (κ2) is 6.41. The first-order chi connectivity index (χ1) is 9.95. The molecule has 0 fully saturated rings. The van der Waals surface area contributed by atoms with Crippen LogP contribution in [-0.4, -0.2) is 22.1 Å². The second-order valence-corrected chi connectivity index (χ2v) is 5.25. The average molecular weight is 350 g/mol. The number of rotatable bonds is 4. The van der Waals surface area contributed by atoms with Crippen LogP contribution in [-0.2, 0) is 11.2 Å². The van der Waals surface area contributed by atoms with Crippen LogP contribution in [0.25, 0.3) is 0 Å². The third-order valence-electron chi connectivity index (χ3n) is 2.79. The summed E-state index contributed by atoms with van der Waals surface area (Å²) in [5, 5.41) is 20.7. The first-order valence-electron chi connectivity index (χ1n) is 6.06. The second-order valence-electron chi connectivity index (χ2n) is 4.39. The molecule has 0 aliphatic rings. The molecule has 0 saturated carbocycles. The van der Waals surface area contributed by atoms with Crippen molar-refractivity contribution >= 4 is 33.5 Å². The van der Waals surface area contributed by atoms with E-state index in [1.807, 2.05) is 0 Å². The van der Waals surface area contributed by atoms with Gasteiger partial charge in [0.15, 0.2) is 0 Å². The van der Waals surface area contributed by atoms with E-state index >= 15 is 0 Å². The molecule has 0 bridgehead atoms. The lowest BCUT2D eigenvalue weighted by Crippen LogP contribution is -2.14. The minimum atomic E-state index is -1.03. The Morgan fingerprint density at radius 3 is 2.33 bits per heavy atom. The highest BCUT2D eigenvalue weighted by atomic mass is 79.9. The summed E-state index contributed by atoms with van der Waals surface area (Å²) in [6.07, 6.45) is 0.160. The van der Waals surface area contributed by atoms with Crippen LogP contribution in [0.2, 0.25) is 0 Å². The maximum absolute atomic E-state index is 11.9. The number of anilines is 1. The number of hydrogen-bond acceptors (Lipinski definition) is 3. The van der Waals surface area contributed by atoms with Crippen molar-refractivity contribution in [2.75, 3.05) is 5.32 Å². The average Bonchev–Trinajstić information content (AvgIpc) is 2.43. The Kier molecular flexibility index (Phi) is 4.59. The molecule has 0 saturated heterocycles. The number of carboxylic acid groups (broad SMARTS) is 1. The summed E-state index contributed by atoms with van der Waals surface area (Å²) < 4.78 is 0.501. The van der Waals surface area contributed by atoms with Gasteiger partial charge in [0, 0.05) is 4.47 Å². The SMILES string of the molecule is O=C(Cc1ccc(O)cc1)Nc1ccc(C(=O)O)cc1Br. The molecule has 2 aromatic rings. The molecule has 0 atom stereocenters. The van der Waals surface area contributed by atoms with Gasteiger partial charge in [-0.3, -0.25) is 4.79 Å². The maximum Gasteiger partial charge on any atom is 0.335 e. The van der Waals surface area contributed by atoms with Crippen molar-refractivity contribution < 1.29 is 19.8 Å². The van der Waals surface area contributed by atoms with Crippen LogP contribution < -0.4 is 5.32 Å². The zero-order chi connectivity index (χ0) is 15.4. The van der Waals surface area contributed by atoms with Crippen molar-refractivity contribution in [3.63, 3.8) is 0 Å². The first-order valence-corrected chi connectivity index (χ1v) is 6.85. The van der Waals surface area contributed by atoms with Gasteiger partial charge in [-0.2, -0.15) is 0 Å². The molecule has 0 heterocycles. The number of aromatic hydroxyl groups is 1. The van der Waals surface area contributed by atoms with E-state index in [4.69, 9.17) is 5.11 Å². The van der Waals surface area contributed by atoms with Crippen LogP contribution in [0.15, 0.2) is 46.9 Å². The van der Waals surface area contributed by atoms with Crippen LogP contribution in [0.4, 0.5) is 5.69 Å². The Morgan fingerprint density at radius 1 is 1.10 bits per heavy atom. The van der Waals surface area contributed by atoms with Gasteiger partial charge in [0.25, 0.3) is 0 Å². The predicted molar refractivity (Wildman–Crippen MR) is 81.5 cm³/mol. The highest BCUT2D eigenvalue weighted by molar-refractivity contribution is 9.10. The minimum absolute atomic E-state index is 0.137. The fraction of sp³-hybridized carbons (Fsp3) is 0.0667. The van der Waals surface area contributed by atoms with Gasteiger partial charge in [0.05, 0.1) is 17.7 Å². The Labute approximate surface area is 129 Å². The lowest BCUT2D eigenvalue weighted by atomic mass is 10.1. The molecule has 5 nitrogen and oxygen atoms in total. The van der Waals surface area contributed by atoms with Crippen molar-refractivity contribution in [1.29, 1.82) is 0 Å². The molecule has 2 aromatic carbocycles. The fourth-order valence-electron chi connectivity index (χ4n) is 1.74. The summed E-state index contributed by atoms with van der Waals surface area (Å²) in [5.41, 5.74) is 1.41. The van der Waals surface area contributed by atoms with Gasteiger partial charge in [-0.1, -0.05) is 12.1 Å². The van der Waals surface area contributed by atoms with E-state index in [1.165, 1.54) is 30.3 Å². The molecule has 0 radical (unpaired) electrons. The Hall–Kier alpha value is -2.34. The Bertz CT molecular complexity index is 683. The summed E-state index contributed by atoms with van der Waals surface area (Å²) in [6, 6.07) is 10.7. The van der Waals surface area contributed by atoms with Gasteiger partial charge in [-0.15, -0.1) is 0 Å². The van der Waals surface area contributed by atoms with E-state index in [1.54, 1.807) is 12.1 Å². The summed E-state index contributed by atoms with van der Waals surface area (Å²) in [6.45, 7) is 0. The largest absolute Gasteiger partial charge is 0.508 e. The van der Waals surface area contributed by atoms with Crippen LogP contribution in [0, 0.1) is 0 Å². The molecular formula is C15H12BrNO4. The quantitative estimate of drug-likeness (QED) is 0.791. The highest BCUT2D eigenvalue weighted by Crippen LogP contribution is 2.24. The highest BCUT2D eigenvalue weighted by Gasteiger charge is 2.10. The molecule has 0 aliphatic carbocycles. The van der Waals surface area contributed by atoms with Crippen molar-refractivity contribution in [1.82, 2.24) is 0 Å². The van der Waals surface area contributed by atoms with Gasteiger partial charge in [0.1, 0.15) is 5.75 Å². The van der Waals surface area contributed by atoms with E-state index < -0.39 is 5.97 Å². The molecule has 108 valence electrons. The van der Waals surface area contributed by atoms with Crippen molar-refractivity contribution in [3.05, 3.63) is 58.1 Å². The molecule has 21 heavy (non-hydrogen) atoms. The van der Waals surface area contributed by atoms with Gasteiger partial charge in [0.2, 0.25) is 5.91 Å². The molecule has 0 aliphatic heterocycles. The fourth-order valence-corrected chi connectivity index (χ4v) is 2.22. The number of halogens is 1. The van der Waals surface area contributed by atoms with Crippen molar-refractivity contribution in [2.24, 2.45) is 0 Å². The molecule has 0 aromatic heterocycles. The number of hydrogen-bond donors (Lipinski definition) is 3. The van der Waals surface area contributed by atoms with Crippen LogP contribution in [0.5, 0.6) is 5.75 Å². The number of phenols is 1. The summed E-state index contributed by atoms with van der Waals surface area (Å²) >= 11 is 3.23.